The van der Waals surface area contributed by atoms with Crippen LogP contribution in [0.5, 0.6) is 0 Å². The quantitative estimate of drug-likeness (QED) is 0.399. The second-order valence-corrected chi connectivity index (χ2v) is 8.14. The lowest BCUT2D eigenvalue weighted by molar-refractivity contribution is 1.10. The Morgan fingerprint density at radius 3 is 2.73 bits per heavy atom. The number of H-pyrrole nitrogens is 2. The van der Waals surface area contributed by atoms with Gasteiger partial charge in [0.25, 0.3) is 0 Å². The molecule has 0 aliphatic heterocycles. The van der Waals surface area contributed by atoms with Gasteiger partial charge in [-0.25, -0.2) is 4.98 Å². The van der Waals surface area contributed by atoms with Gasteiger partial charge in [-0.2, -0.15) is 5.10 Å². The minimum absolute atomic E-state index is 0.755. The lowest BCUT2D eigenvalue weighted by Gasteiger charge is -2.04. The zero-order valence-electron chi connectivity index (χ0n) is 16.0. The predicted molar refractivity (Wildman–Crippen MR) is 120 cm³/mol. The van der Waals surface area contributed by atoms with Crippen molar-refractivity contribution in [2.75, 3.05) is 0 Å². The number of aromatic nitrogens is 6. The molecule has 0 atom stereocenters. The molecule has 6 aromatic heterocycles. The summed E-state index contributed by atoms with van der Waals surface area (Å²) in [5, 5.41) is 11.8. The largest absolute Gasteiger partial charge is 0.352 e. The Morgan fingerprint density at radius 2 is 1.87 bits per heavy atom. The van der Waals surface area contributed by atoms with E-state index in [0.29, 0.717) is 0 Å². The molecule has 2 N–H and O–H groups in total. The lowest BCUT2D eigenvalue weighted by Crippen LogP contribution is -1.87. The summed E-state index contributed by atoms with van der Waals surface area (Å²) in [5.74, 6) is 0. The van der Waals surface area contributed by atoms with Crippen LogP contribution in [0.3, 0.4) is 0 Å². The molecule has 0 aliphatic carbocycles. The number of thiophene rings is 1. The minimum atomic E-state index is 0.755. The van der Waals surface area contributed by atoms with Crippen LogP contribution in [-0.4, -0.2) is 30.1 Å². The van der Waals surface area contributed by atoms with Gasteiger partial charge in [-0.1, -0.05) is 6.07 Å². The maximum atomic E-state index is 4.59. The SMILES string of the molecule is Cc1ccncc1-c1cnc2[nH]nc(-c3cc4c(-c5cccs5)cncc4[nH]3)c2c1. The number of aromatic amines is 2. The van der Waals surface area contributed by atoms with E-state index in [-0.39, 0.29) is 0 Å². The summed E-state index contributed by atoms with van der Waals surface area (Å²) in [7, 11) is 0. The van der Waals surface area contributed by atoms with Crippen molar-refractivity contribution in [3.8, 4) is 33.0 Å². The first-order valence-corrected chi connectivity index (χ1v) is 10.4. The number of pyridine rings is 3. The number of nitrogens with one attached hydrogen (secondary N) is 2. The summed E-state index contributed by atoms with van der Waals surface area (Å²) >= 11 is 1.71. The molecule has 0 aromatic carbocycles. The summed E-state index contributed by atoms with van der Waals surface area (Å²) in [6.07, 6.45) is 9.31. The molecule has 6 rings (SSSR count). The second kappa shape index (κ2) is 6.60. The third-order valence-electron chi connectivity index (χ3n) is 5.35. The van der Waals surface area contributed by atoms with Gasteiger partial charge in [0.05, 0.1) is 17.4 Å². The molecular weight excluding hydrogens is 392 g/mol. The van der Waals surface area contributed by atoms with E-state index in [1.807, 2.05) is 30.9 Å². The highest BCUT2D eigenvalue weighted by molar-refractivity contribution is 7.13. The summed E-state index contributed by atoms with van der Waals surface area (Å²) in [6.45, 7) is 2.08. The van der Waals surface area contributed by atoms with Crippen molar-refractivity contribution in [3.05, 3.63) is 72.3 Å². The van der Waals surface area contributed by atoms with Crippen molar-refractivity contribution in [2.45, 2.75) is 6.92 Å². The number of hydrogen-bond donors (Lipinski definition) is 2. The van der Waals surface area contributed by atoms with E-state index in [4.69, 9.17) is 0 Å². The highest BCUT2D eigenvalue weighted by Crippen LogP contribution is 2.35. The van der Waals surface area contributed by atoms with Gasteiger partial charge < -0.3 is 4.98 Å². The number of rotatable bonds is 3. The monoisotopic (exact) mass is 408 g/mol. The van der Waals surface area contributed by atoms with E-state index in [0.717, 1.165) is 55.6 Å². The van der Waals surface area contributed by atoms with Crippen molar-refractivity contribution in [1.29, 1.82) is 0 Å². The average Bonchev–Trinajstić information content (AvgIpc) is 3.51. The zero-order chi connectivity index (χ0) is 20.1. The summed E-state index contributed by atoms with van der Waals surface area (Å²) < 4.78 is 0. The third-order valence-corrected chi connectivity index (χ3v) is 6.26. The molecule has 0 saturated heterocycles. The molecule has 0 saturated carbocycles. The van der Waals surface area contributed by atoms with Gasteiger partial charge in [-0.05, 0) is 42.1 Å². The minimum Gasteiger partial charge on any atom is -0.352 e. The highest BCUT2D eigenvalue weighted by atomic mass is 32.1. The van der Waals surface area contributed by atoms with Crippen molar-refractivity contribution in [1.82, 2.24) is 30.1 Å². The lowest BCUT2D eigenvalue weighted by atomic mass is 10.0. The van der Waals surface area contributed by atoms with E-state index in [1.165, 1.54) is 4.88 Å². The fourth-order valence-electron chi connectivity index (χ4n) is 3.83. The Morgan fingerprint density at radius 1 is 0.933 bits per heavy atom. The fraction of sp³-hybridized carbons (Fsp3) is 0.0435. The Balaban J connectivity index is 1.53. The first kappa shape index (κ1) is 17.1. The maximum absolute atomic E-state index is 4.59. The van der Waals surface area contributed by atoms with Gasteiger partial charge in [0.15, 0.2) is 5.65 Å². The van der Waals surface area contributed by atoms with Crippen LogP contribution in [0.1, 0.15) is 5.56 Å². The van der Waals surface area contributed by atoms with E-state index < -0.39 is 0 Å². The fourth-order valence-corrected chi connectivity index (χ4v) is 4.58. The van der Waals surface area contributed by atoms with Crippen LogP contribution in [0.2, 0.25) is 0 Å². The summed E-state index contributed by atoms with van der Waals surface area (Å²) in [5.41, 5.74) is 7.89. The van der Waals surface area contributed by atoms with Gasteiger partial charge in [0, 0.05) is 57.1 Å². The molecule has 6 aromatic rings. The number of fused-ring (bicyclic) bond motifs is 2. The van der Waals surface area contributed by atoms with Crippen molar-refractivity contribution in [2.24, 2.45) is 0 Å². The molecule has 0 aliphatic rings. The van der Waals surface area contributed by atoms with Crippen LogP contribution in [0.4, 0.5) is 0 Å². The Labute approximate surface area is 175 Å². The molecule has 0 fully saturated rings. The summed E-state index contributed by atoms with van der Waals surface area (Å²) in [6, 6.07) is 10.4. The molecule has 0 amide bonds. The molecule has 0 spiro atoms. The third kappa shape index (κ3) is 2.63. The Bertz CT molecular complexity index is 1510. The van der Waals surface area contributed by atoms with Crippen LogP contribution in [0.25, 0.3) is 54.9 Å². The van der Waals surface area contributed by atoms with E-state index in [1.54, 1.807) is 17.5 Å². The summed E-state index contributed by atoms with van der Waals surface area (Å²) in [4.78, 5) is 18.0. The Kier molecular flexibility index (Phi) is 3.75. The van der Waals surface area contributed by atoms with Gasteiger partial charge >= 0.3 is 0 Å². The second-order valence-electron chi connectivity index (χ2n) is 7.19. The van der Waals surface area contributed by atoms with E-state index in [9.17, 15) is 0 Å². The van der Waals surface area contributed by atoms with Gasteiger partial charge in [-0.3, -0.25) is 15.1 Å². The number of nitrogens with zero attached hydrogens (tertiary/aromatic N) is 4. The molecule has 0 radical (unpaired) electrons. The van der Waals surface area contributed by atoms with Crippen molar-refractivity contribution >= 4 is 33.3 Å². The van der Waals surface area contributed by atoms with Crippen LogP contribution in [0, 0.1) is 6.92 Å². The number of hydrogen-bond acceptors (Lipinski definition) is 5. The molecule has 30 heavy (non-hydrogen) atoms. The molecule has 7 heteroatoms. The first-order valence-electron chi connectivity index (χ1n) is 9.54. The molecular formula is C23H16N6S. The maximum Gasteiger partial charge on any atom is 0.155 e. The molecule has 144 valence electrons. The van der Waals surface area contributed by atoms with Crippen LogP contribution in [0.15, 0.2) is 66.7 Å². The molecule has 6 heterocycles. The highest BCUT2D eigenvalue weighted by Gasteiger charge is 2.16. The smallest absolute Gasteiger partial charge is 0.155 e. The van der Waals surface area contributed by atoms with Gasteiger partial charge in [-0.15, -0.1) is 11.3 Å². The molecule has 0 unspecified atom stereocenters. The molecule has 6 nitrogen and oxygen atoms in total. The van der Waals surface area contributed by atoms with Crippen LogP contribution in [-0.2, 0) is 0 Å². The van der Waals surface area contributed by atoms with Crippen LogP contribution < -0.4 is 0 Å². The van der Waals surface area contributed by atoms with E-state index >= 15 is 0 Å². The van der Waals surface area contributed by atoms with Crippen molar-refractivity contribution < 1.29 is 0 Å². The normalized spacial score (nSPS) is 11.5. The number of aryl methyl sites for hydroxylation is 1. The van der Waals surface area contributed by atoms with Crippen molar-refractivity contribution in [3.63, 3.8) is 0 Å². The first-order chi connectivity index (χ1) is 14.8. The molecule has 0 bridgehead atoms. The average molecular weight is 408 g/mol. The van der Waals surface area contributed by atoms with Gasteiger partial charge in [0.2, 0.25) is 0 Å². The topological polar surface area (TPSA) is 83.1 Å². The van der Waals surface area contributed by atoms with E-state index in [2.05, 4.69) is 66.7 Å². The standard InChI is InChI=1S/C23H16N6S/c1-13-4-5-24-10-17(13)14-7-16-22(28-29-23(16)26-9-14)19-8-15-18(21-3-2-6-30-21)11-25-12-20(15)27-19/h2-12,27H,1H3,(H,26,28,29). The predicted octanol–water partition coefficient (Wildman–Crippen LogP) is 5.60. The Hall–Kier alpha value is -3.84. The van der Waals surface area contributed by atoms with Gasteiger partial charge in [0.1, 0.15) is 5.69 Å². The zero-order valence-corrected chi connectivity index (χ0v) is 16.9. The van der Waals surface area contributed by atoms with Crippen LogP contribution >= 0.6 is 11.3 Å².